The predicted octanol–water partition coefficient (Wildman–Crippen LogP) is 1.09. The molecule has 1 atom stereocenters. The summed E-state index contributed by atoms with van der Waals surface area (Å²) in [5.74, 6) is 0.960. The summed E-state index contributed by atoms with van der Waals surface area (Å²) in [7, 11) is 0. The predicted molar refractivity (Wildman–Crippen MR) is 41.9 cm³/mol. The average Bonchev–Trinajstić information content (AvgIpc) is 2.46. The summed E-state index contributed by atoms with van der Waals surface area (Å²) in [6, 6.07) is 0. The monoisotopic (exact) mass is 150 g/mol. The van der Waals surface area contributed by atoms with E-state index in [1.807, 2.05) is 29.6 Å². The van der Waals surface area contributed by atoms with Gasteiger partial charge in [-0.2, -0.15) is 0 Å². The second-order valence-corrected chi connectivity index (χ2v) is 2.49. The van der Waals surface area contributed by atoms with Crippen LogP contribution in [0, 0.1) is 0 Å². The molecule has 0 bridgehead atoms. The lowest BCUT2D eigenvalue weighted by Gasteiger charge is -2.13. The minimum Gasteiger partial charge on any atom is -0.454 e. The van der Waals surface area contributed by atoms with Crippen molar-refractivity contribution in [1.82, 2.24) is 10.2 Å². The Morgan fingerprint density at radius 1 is 1.82 bits per heavy atom. The number of hydrogen-bond donors (Lipinski definition) is 1. The molecule has 2 aliphatic heterocycles. The molecule has 2 aliphatic rings. The zero-order valence-corrected chi connectivity index (χ0v) is 6.16. The number of nitrogens with zero attached hydrogens (tertiary/aromatic N) is 1. The van der Waals surface area contributed by atoms with Crippen molar-refractivity contribution >= 4 is 0 Å². The van der Waals surface area contributed by atoms with E-state index in [1.54, 1.807) is 0 Å². The molecule has 0 fully saturated rings. The summed E-state index contributed by atoms with van der Waals surface area (Å²) < 4.78 is 5.47. The summed E-state index contributed by atoms with van der Waals surface area (Å²) in [6.07, 6.45) is 8.40. The van der Waals surface area contributed by atoms with E-state index in [2.05, 4.69) is 11.9 Å². The van der Waals surface area contributed by atoms with E-state index in [0.29, 0.717) is 0 Å². The normalized spacial score (nSPS) is 25.6. The summed E-state index contributed by atoms with van der Waals surface area (Å²) in [5.41, 5.74) is 0. The standard InChI is InChI=1S/C8H10N2O/c1-2-3-7-6-10-5-4-9-8(10)11-7/h2,4-6,8-9H,1,3H2. The van der Waals surface area contributed by atoms with E-state index in [4.69, 9.17) is 4.74 Å². The quantitative estimate of drug-likeness (QED) is 0.596. The second-order valence-electron chi connectivity index (χ2n) is 2.49. The first-order chi connectivity index (χ1) is 5.40. The lowest BCUT2D eigenvalue weighted by atomic mass is 10.4. The fourth-order valence-corrected chi connectivity index (χ4v) is 1.16. The molecule has 1 unspecified atom stereocenters. The number of allylic oxidation sites excluding steroid dienone is 1. The van der Waals surface area contributed by atoms with Crippen molar-refractivity contribution in [2.24, 2.45) is 0 Å². The first-order valence-corrected chi connectivity index (χ1v) is 3.58. The van der Waals surface area contributed by atoms with Crippen LogP contribution in [0.4, 0.5) is 0 Å². The Kier molecular flexibility index (Phi) is 1.35. The topological polar surface area (TPSA) is 24.5 Å². The van der Waals surface area contributed by atoms with Crippen molar-refractivity contribution in [3.8, 4) is 0 Å². The minimum atomic E-state index is -0.00931. The smallest absolute Gasteiger partial charge is 0.253 e. The Morgan fingerprint density at radius 3 is 3.45 bits per heavy atom. The van der Waals surface area contributed by atoms with E-state index >= 15 is 0 Å². The van der Waals surface area contributed by atoms with Crippen molar-refractivity contribution in [3.05, 3.63) is 37.0 Å². The van der Waals surface area contributed by atoms with Crippen LogP contribution in [0.25, 0.3) is 0 Å². The third kappa shape index (κ3) is 0.981. The Bertz CT molecular complexity index is 232. The molecule has 58 valence electrons. The molecule has 0 saturated heterocycles. The lowest BCUT2D eigenvalue weighted by molar-refractivity contribution is 0.0606. The number of fused-ring (bicyclic) bond motifs is 1. The van der Waals surface area contributed by atoms with Gasteiger partial charge in [-0.15, -0.1) is 6.58 Å². The van der Waals surface area contributed by atoms with Crippen LogP contribution in [0.15, 0.2) is 37.0 Å². The average molecular weight is 150 g/mol. The molecule has 2 heterocycles. The maximum Gasteiger partial charge on any atom is 0.253 e. The van der Waals surface area contributed by atoms with E-state index in [1.165, 1.54) is 0 Å². The molecule has 0 radical (unpaired) electrons. The van der Waals surface area contributed by atoms with Gasteiger partial charge < -0.3 is 10.1 Å². The molecule has 0 aromatic rings. The van der Waals surface area contributed by atoms with Gasteiger partial charge >= 0.3 is 0 Å². The van der Waals surface area contributed by atoms with Gasteiger partial charge in [-0.1, -0.05) is 6.08 Å². The minimum absolute atomic E-state index is 0.00931. The van der Waals surface area contributed by atoms with Crippen LogP contribution in [-0.4, -0.2) is 11.3 Å². The van der Waals surface area contributed by atoms with Gasteiger partial charge in [0.15, 0.2) is 0 Å². The van der Waals surface area contributed by atoms with Crippen LogP contribution in [0.1, 0.15) is 6.42 Å². The highest BCUT2D eigenvalue weighted by molar-refractivity contribution is 5.10. The first-order valence-electron chi connectivity index (χ1n) is 3.58. The third-order valence-electron chi connectivity index (χ3n) is 1.66. The molecule has 0 saturated carbocycles. The molecular formula is C8H10N2O. The van der Waals surface area contributed by atoms with Crippen LogP contribution >= 0.6 is 0 Å². The van der Waals surface area contributed by atoms with Gasteiger partial charge in [0, 0.05) is 25.0 Å². The fourth-order valence-electron chi connectivity index (χ4n) is 1.16. The van der Waals surface area contributed by atoms with E-state index in [0.717, 1.165) is 12.2 Å². The summed E-state index contributed by atoms with van der Waals surface area (Å²) in [5, 5.41) is 3.04. The zero-order chi connectivity index (χ0) is 7.68. The second kappa shape index (κ2) is 2.34. The number of ether oxygens (including phenoxy) is 1. The number of rotatable bonds is 2. The summed E-state index contributed by atoms with van der Waals surface area (Å²) in [6.45, 7) is 3.64. The Labute approximate surface area is 65.6 Å². The molecular weight excluding hydrogens is 140 g/mol. The van der Waals surface area contributed by atoms with Gasteiger partial charge in [-0.3, -0.25) is 4.90 Å². The number of hydrogen-bond acceptors (Lipinski definition) is 3. The van der Waals surface area contributed by atoms with Gasteiger partial charge in [0.1, 0.15) is 5.76 Å². The Hall–Kier alpha value is -1.38. The van der Waals surface area contributed by atoms with Crippen LogP contribution in [0.5, 0.6) is 0 Å². The van der Waals surface area contributed by atoms with Crippen molar-refractivity contribution in [2.75, 3.05) is 0 Å². The van der Waals surface area contributed by atoms with E-state index in [9.17, 15) is 0 Å². The van der Waals surface area contributed by atoms with Gasteiger partial charge in [-0.25, -0.2) is 0 Å². The molecule has 0 spiro atoms. The molecule has 2 rings (SSSR count). The fraction of sp³-hybridized carbons (Fsp3) is 0.250. The van der Waals surface area contributed by atoms with Crippen LogP contribution in [0.2, 0.25) is 0 Å². The van der Waals surface area contributed by atoms with Crippen molar-refractivity contribution in [1.29, 1.82) is 0 Å². The summed E-state index contributed by atoms with van der Waals surface area (Å²) in [4.78, 5) is 1.98. The third-order valence-corrected chi connectivity index (χ3v) is 1.66. The maximum absolute atomic E-state index is 5.47. The van der Waals surface area contributed by atoms with Gasteiger partial charge in [0.05, 0.1) is 0 Å². The maximum atomic E-state index is 5.47. The molecule has 0 aromatic heterocycles. The van der Waals surface area contributed by atoms with Gasteiger partial charge in [-0.05, 0) is 0 Å². The number of nitrogens with one attached hydrogen (secondary N) is 1. The van der Waals surface area contributed by atoms with Crippen LogP contribution in [-0.2, 0) is 4.74 Å². The van der Waals surface area contributed by atoms with Gasteiger partial charge in [0.2, 0.25) is 0 Å². The van der Waals surface area contributed by atoms with Gasteiger partial charge in [0.25, 0.3) is 6.35 Å². The lowest BCUT2D eigenvalue weighted by Crippen LogP contribution is -2.29. The SMILES string of the molecule is C=CCC1=CN2C=CNC2O1. The van der Waals surface area contributed by atoms with Crippen molar-refractivity contribution < 1.29 is 4.74 Å². The van der Waals surface area contributed by atoms with E-state index < -0.39 is 0 Å². The molecule has 0 aromatic carbocycles. The van der Waals surface area contributed by atoms with Crippen molar-refractivity contribution in [2.45, 2.75) is 12.8 Å². The highest BCUT2D eigenvalue weighted by Gasteiger charge is 2.25. The Morgan fingerprint density at radius 2 is 2.73 bits per heavy atom. The summed E-state index contributed by atoms with van der Waals surface area (Å²) >= 11 is 0. The molecule has 0 amide bonds. The zero-order valence-electron chi connectivity index (χ0n) is 6.16. The van der Waals surface area contributed by atoms with E-state index in [-0.39, 0.29) is 6.35 Å². The highest BCUT2D eigenvalue weighted by Crippen LogP contribution is 2.21. The molecule has 1 N–H and O–H groups in total. The molecule has 3 heteroatoms. The molecule has 11 heavy (non-hydrogen) atoms. The van der Waals surface area contributed by atoms with Crippen LogP contribution in [0.3, 0.4) is 0 Å². The molecule has 3 nitrogen and oxygen atoms in total. The molecule has 0 aliphatic carbocycles. The largest absolute Gasteiger partial charge is 0.454 e. The highest BCUT2D eigenvalue weighted by atomic mass is 16.5. The van der Waals surface area contributed by atoms with Crippen molar-refractivity contribution in [3.63, 3.8) is 0 Å². The van der Waals surface area contributed by atoms with Crippen LogP contribution < -0.4 is 5.32 Å². The first kappa shape index (κ1) is 6.34. The Balaban J connectivity index is 2.06.